The smallest absolute Gasteiger partial charge is 0.410 e. The monoisotopic (exact) mass is 359 g/mol. The lowest BCUT2D eigenvalue weighted by Crippen LogP contribution is -2.46. The molecular weight excluding hydrogens is 334 g/mol. The van der Waals surface area contributed by atoms with Gasteiger partial charge in [0.05, 0.1) is 12.6 Å². The predicted molar refractivity (Wildman–Crippen MR) is 96.8 cm³/mol. The summed E-state index contributed by atoms with van der Waals surface area (Å²) in [7, 11) is 0. The molecule has 0 bridgehead atoms. The molecule has 2 rings (SSSR count). The van der Waals surface area contributed by atoms with Crippen LogP contribution in [-0.2, 0) is 9.53 Å². The van der Waals surface area contributed by atoms with Crippen LogP contribution in [0.2, 0.25) is 0 Å². The molecule has 0 radical (unpaired) electrons. The van der Waals surface area contributed by atoms with Gasteiger partial charge in [-0.2, -0.15) is 5.26 Å². The topological polar surface area (TPSA) is 91.7 Å². The van der Waals surface area contributed by atoms with Gasteiger partial charge in [0.25, 0.3) is 0 Å². The number of nitrogens with zero attached hydrogens (tertiary/aromatic N) is 2. The van der Waals surface area contributed by atoms with E-state index < -0.39 is 5.60 Å². The molecule has 1 aliphatic rings. The van der Waals surface area contributed by atoms with Gasteiger partial charge in [-0.05, 0) is 45.7 Å². The first-order valence-corrected chi connectivity index (χ1v) is 8.68. The zero-order valence-electron chi connectivity index (χ0n) is 15.4. The Labute approximate surface area is 153 Å². The fourth-order valence-electron chi connectivity index (χ4n) is 2.64. The second-order valence-electron chi connectivity index (χ2n) is 7.22. The van der Waals surface area contributed by atoms with Crippen molar-refractivity contribution in [2.75, 3.05) is 18.4 Å². The van der Waals surface area contributed by atoms with Crippen LogP contribution in [0, 0.1) is 11.3 Å². The van der Waals surface area contributed by atoms with E-state index in [1.807, 2.05) is 20.8 Å². The Balaban J connectivity index is 1.95. The largest absolute Gasteiger partial charge is 0.489 e. The molecule has 0 aliphatic carbocycles. The predicted octanol–water partition coefficient (Wildman–Crippen LogP) is 3.32. The zero-order valence-corrected chi connectivity index (χ0v) is 15.4. The van der Waals surface area contributed by atoms with Crippen LogP contribution in [0.25, 0.3) is 0 Å². The van der Waals surface area contributed by atoms with E-state index in [2.05, 4.69) is 5.32 Å². The molecule has 0 saturated carbocycles. The lowest BCUT2D eigenvalue weighted by Gasteiger charge is -2.34. The van der Waals surface area contributed by atoms with Crippen LogP contribution in [-0.4, -0.2) is 41.7 Å². The molecule has 1 atom stereocenters. The molecule has 1 saturated heterocycles. The van der Waals surface area contributed by atoms with Gasteiger partial charge < -0.3 is 19.7 Å². The van der Waals surface area contributed by atoms with Gasteiger partial charge in [0.2, 0.25) is 5.91 Å². The quantitative estimate of drug-likeness (QED) is 0.890. The van der Waals surface area contributed by atoms with Gasteiger partial charge in [0.1, 0.15) is 23.9 Å². The van der Waals surface area contributed by atoms with Crippen molar-refractivity contribution in [3.05, 3.63) is 24.3 Å². The lowest BCUT2D eigenvalue weighted by molar-refractivity contribution is -0.115. The number of carbonyl (C=O) groups excluding carboxylic acids is 2. The lowest BCUT2D eigenvalue weighted by atomic mass is 10.1. The van der Waals surface area contributed by atoms with Crippen molar-refractivity contribution in [2.45, 2.75) is 51.7 Å². The first-order chi connectivity index (χ1) is 12.3. The van der Waals surface area contributed by atoms with Crippen LogP contribution in [0.4, 0.5) is 10.5 Å². The summed E-state index contributed by atoms with van der Waals surface area (Å²) in [4.78, 5) is 25.4. The normalized spacial score (nSPS) is 17.2. The van der Waals surface area contributed by atoms with E-state index in [4.69, 9.17) is 14.7 Å². The second-order valence-corrected chi connectivity index (χ2v) is 7.22. The number of rotatable bonds is 4. The molecule has 7 heteroatoms. The molecule has 140 valence electrons. The summed E-state index contributed by atoms with van der Waals surface area (Å²) in [5, 5.41) is 11.2. The maximum Gasteiger partial charge on any atom is 0.410 e. The summed E-state index contributed by atoms with van der Waals surface area (Å²) in [5.41, 5.74) is 0.0449. The molecule has 2 amide bonds. The summed E-state index contributed by atoms with van der Waals surface area (Å²) >= 11 is 0. The molecule has 1 aromatic carbocycles. The van der Waals surface area contributed by atoms with Crippen LogP contribution in [0.1, 0.15) is 40.0 Å². The van der Waals surface area contributed by atoms with E-state index in [0.29, 0.717) is 24.5 Å². The van der Waals surface area contributed by atoms with E-state index in [-0.39, 0.29) is 24.5 Å². The van der Waals surface area contributed by atoms with Crippen molar-refractivity contribution in [1.29, 1.82) is 5.26 Å². The average Bonchev–Trinajstić information content (AvgIpc) is 2.54. The molecule has 0 aromatic heterocycles. The van der Waals surface area contributed by atoms with Crippen LogP contribution >= 0.6 is 0 Å². The van der Waals surface area contributed by atoms with E-state index in [9.17, 15) is 9.59 Å². The van der Waals surface area contributed by atoms with Crippen LogP contribution < -0.4 is 10.1 Å². The average molecular weight is 359 g/mol. The van der Waals surface area contributed by atoms with Crippen molar-refractivity contribution in [2.24, 2.45) is 0 Å². The van der Waals surface area contributed by atoms with Gasteiger partial charge in [-0.15, -0.1) is 0 Å². The number of hydrogen-bond acceptors (Lipinski definition) is 5. The third-order valence-electron chi connectivity index (χ3n) is 3.69. The molecular formula is C19H25N3O4. The Kier molecular flexibility index (Phi) is 6.45. The van der Waals surface area contributed by atoms with Gasteiger partial charge in [-0.25, -0.2) is 4.79 Å². The Morgan fingerprint density at radius 3 is 2.85 bits per heavy atom. The van der Waals surface area contributed by atoms with Gasteiger partial charge in [0, 0.05) is 18.3 Å². The van der Waals surface area contributed by atoms with Crippen LogP contribution in [0.5, 0.6) is 5.75 Å². The van der Waals surface area contributed by atoms with Crippen molar-refractivity contribution in [3.8, 4) is 11.8 Å². The highest BCUT2D eigenvalue weighted by Gasteiger charge is 2.28. The van der Waals surface area contributed by atoms with Gasteiger partial charge in [-0.3, -0.25) is 4.79 Å². The maximum absolute atomic E-state index is 12.2. The molecule has 7 nitrogen and oxygen atoms in total. The van der Waals surface area contributed by atoms with Gasteiger partial charge in [0.15, 0.2) is 0 Å². The summed E-state index contributed by atoms with van der Waals surface area (Å²) in [6.45, 7) is 6.64. The van der Waals surface area contributed by atoms with Crippen molar-refractivity contribution in [1.82, 2.24) is 4.90 Å². The fraction of sp³-hybridized carbons (Fsp3) is 0.526. The molecule has 1 heterocycles. The highest BCUT2D eigenvalue weighted by molar-refractivity contribution is 5.92. The number of ether oxygens (including phenoxy) is 2. The van der Waals surface area contributed by atoms with Gasteiger partial charge >= 0.3 is 6.09 Å². The molecule has 1 fully saturated rings. The van der Waals surface area contributed by atoms with Crippen molar-refractivity contribution >= 4 is 17.7 Å². The van der Waals surface area contributed by atoms with Crippen LogP contribution in [0.3, 0.4) is 0 Å². The summed E-state index contributed by atoms with van der Waals surface area (Å²) in [6.07, 6.45) is 1.01. The minimum atomic E-state index is -0.527. The second kappa shape index (κ2) is 8.56. The summed E-state index contributed by atoms with van der Waals surface area (Å²) in [6, 6.07) is 8.82. The minimum absolute atomic E-state index is 0.138. The molecule has 26 heavy (non-hydrogen) atoms. The standard InChI is InChI=1S/C19H25N3O4/c1-19(2,3)26-18(24)22-11-5-8-16(13-22)25-15-7-4-6-14(12-15)21-17(23)9-10-20/h4,6-7,12,16H,5,8-9,11,13H2,1-3H3,(H,21,23). The van der Waals surface area contributed by atoms with E-state index >= 15 is 0 Å². The molecule has 1 unspecified atom stereocenters. The SMILES string of the molecule is CC(C)(C)OC(=O)N1CCCC(Oc2cccc(NC(=O)CC#N)c2)C1. The first-order valence-electron chi connectivity index (χ1n) is 8.68. The third-order valence-corrected chi connectivity index (χ3v) is 3.69. The third kappa shape index (κ3) is 6.28. The van der Waals surface area contributed by atoms with Crippen LogP contribution in [0.15, 0.2) is 24.3 Å². The van der Waals surface area contributed by atoms with Crippen molar-refractivity contribution < 1.29 is 19.1 Å². The molecule has 1 aliphatic heterocycles. The first kappa shape index (κ1) is 19.6. The minimum Gasteiger partial charge on any atom is -0.489 e. The van der Waals surface area contributed by atoms with E-state index in [1.54, 1.807) is 35.2 Å². The number of anilines is 1. The molecule has 1 aromatic rings. The number of piperidine rings is 1. The highest BCUT2D eigenvalue weighted by Crippen LogP contribution is 2.23. The van der Waals surface area contributed by atoms with Crippen molar-refractivity contribution in [3.63, 3.8) is 0 Å². The number of carbonyl (C=O) groups is 2. The Bertz CT molecular complexity index is 691. The number of nitriles is 1. The highest BCUT2D eigenvalue weighted by atomic mass is 16.6. The number of hydrogen-bond donors (Lipinski definition) is 1. The number of benzene rings is 1. The molecule has 0 spiro atoms. The Hall–Kier alpha value is -2.75. The zero-order chi connectivity index (χ0) is 19.2. The molecule has 1 N–H and O–H groups in total. The number of amides is 2. The number of likely N-dealkylation sites (tertiary alicyclic amines) is 1. The summed E-state index contributed by atoms with van der Waals surface area (Å²) in [5.74, 6) is 0.245. The Morgan fingerprint density at radius 2 is 2.15 bits per heavy atom. The summed E-state index contributed by atoms with van der Waals surface area (Å²) < 4.78 is 11.4. The fourth-order valence-corrected chi connectivity index (χ4v) is 2.64. The van der Waals surface area contributed by atoms with Gasteiger partial charge in [-0.1, -0.05) is 6.07 Å². The van der Waals surface area contributed by atoms with E-state index in [0.717, 1.165) is 12.8 Å². The maximum atomic E-state index is 12.2. The Morgan fingerprint density at radius 1 is 1.38 bits per heavy atom. The number of nitrogens with one attached hydrogen (secondary N) is 1. The van der Waals surface area contributed by atoms with E-state index in [1.165, 1.54) is 0 Å².